The predicted octanol–water partition coefficient (Wildman–Crippen LogP) is 3.85. The van der Waals surface area contributed by atoms with Crippen molar-refractivity contribution in [3.8, 4) is 11.5 Å². The molecule has 0 bridgehead atoms. The molecule has 2 aromatic carbocycles. The van der Waals surface area contributed by atoms with Crippen LogP contribution in [0.1, 0.15) is 40.6 Å². The Morgan fingerprint density at radius 3 is 2.40 bits per heavy atom. The smallest absolute Gasteiger partial charge is 0.253 e. The second-order valence-corrected chi connectivity index (χ2v) is 9.02. The van der Waals surface area contributed by atoms with Gasteiger partial charge >= 0.3 is 0 Å². The summed E-state index contributed by atoms with van der Waals surface area (Å²) >= 11 is 5.96. The van der Waals surface area contributed by atoms with Crippen LogP contribution in [-0.4, -0.2) is 53.6 Å². The van der Waals surface area contributed by atoms with Gasteiger partial charge in [-0.3, -0.25) is 9.59 Å². The monoisotopic (exact) mass is 496 g/mol. The molecule has 184 valence electrons. The fraction of sp³-hybridized carbons (Fsp3) is 0.346. The number of hydrogen-bond acceptors (Lipinski definition) is 5. The summed E-state index contributed by atoms with van der Waals surface area (Å²) in [4.78, 5) is 32.7. The van der Waals surface area contributed by atoms with Gasteiger partial charge in [0.2, 0.25) is 5.91 Å². The molecule has 0 aliphatic carbocycles. The molecule has 0 saturated carbocycles. The van der Waals surface area contributed by atoms with Gasteiger partial charge in [-0.2, -0.15) is 0 Å². The number of rotatable bonds is 7. The van der Waals surface area contributed by atoms with Gasteiger partial charge in [-0.05, 0) is 54.8 Å². The van der Waals surface area contributed by atoms with E-state index < -0.39 is 6.04 Å². The van der Waals surface area contributed by atoms with Crippen molar-refractivity contribution >= 4 is 23.4 Å². The number of ether oxygens (including phenoxy) is 2. The number of likely N-dealkylation sites (tertiary alicyclic amines) is 1. The molecular weight excluding hydrogens is 468 g/mol. The summed E-state index contributed by atoms with van der Waals surface area (Å²) in [5.41, 5.74) is 1.35. The summed E-state index contributed by atoms with van der Waals surface area (Å²) < 4.78 is 12.7. The maximum Gasteiger partial charge on any atom is 0.253 e. The Morgan fingerprint density at radius 1 is 1.11 bits per heavy atom. The van der Waals surface area contributed by atoms with Gasteiger partial charge in [0.25, 0.3) is 5.91 Å². The normalized spacial score (nSPS) is 16.5. The van der Waals surface area contributed by atoms with Crippen LogP contribution in [0.5, 0.6) is 11.5 Å². The fourth-order valence-corrected chi connectivity index (χ4v) is 4.49. The van der Waals surface area contributed by atoms with Crippen LogP contribution in [-0.2, 0) is 11.8 Å². The number of piperidine rings is 1. The third-order valence-electron chi connectivity index (χ3n) is 6.28. The van der Waals surface area contributed by atoms with E-state index in [0.717, 1.165) is 12.0 Å². The highest BCUT2D eigenvalue weighted by atomic mass is 35.5. The zero-order chi connectivity index (χ0) is 24.9. The first-order valence-corrected chi connectivity index (χ1v) is 11.8. The van der Waals surface area contributed by atoms with Crippen molar-refractivity contribution in [1.29, 1.82) is 0 Å². The lowest BCUT2D eigenvalue weighted by Gasteiger charge is -2.33. The molecule has 1 fully saturated rings. The minimum atomic E-state index is -0.520. The molecular formula is C26H29ClN4O4. The molecule has 2 unspecified atom stereocenters. The number of aromatic nitrogens is 2. The number of amides is 2. The van der Waals surface area contributed by atoms with Crippen LogP contribution in [0.2, 0.25) is 5.02 Å². The molecule has 0 radical (unpaired) electrons. The van der Waals surface area contributed by atoms with E-state index in [1.54, 1.807) is 55.6 Å². The van der Waals surface area contributed by atoms with Crippen LogP contribution < -0.4 is 14.8 Å². The molecule has 9 heteroatoms. The van der Waals surface area contributed by atoms with Gasteiger partial charge in [-0.1, -0.05) is 11.6 Å². The van der Waals surface area contributed by atoms with E-state index in [1.165, 1.54) is 0 Å². The SMILES string of the molecule is COc1cc(OC)cc(C(NC(=O)C2CCCN(C(=O)c3ccc(Cl)cc3)C2)c2nccn2C)c1. The van der Waals surface area contributed by atoms with Gasteiger partial charge in [0.15, 0.2) is 0 Å². The van der Waals surface area contributed by atoms with E-state index in [1.807, 2.05) is 29.9 Å². The van der Waals surface area contributed by atoms with Crippen molar-refractivity contribution in [3.05, 3.63) is 76.8 Å². The standard InChI is InChI=1S/C26H29ClN4O4/c1-30-12-10-28-24(30)23(19-13-21(34-2)15-22(14-19)35-3)29-25(32)18-5-4-11-31(16-18)26(33)17-6-8-20(27)9-7-17/h6-10,12-15,18,23H,4-5,11,16H2,1-3H3,(H,29,32). The lowest BCUT2D eigenvalue weighted by Crippen LogP contribution is -2.46. The summed E-state index contributed by atoms with van der Waals surface area (Å²) in [6, 6.07) is 11.8. The molecule has 2 atom stereocenters. The Hall–Kier alpha value is -3.52. The van der Waals surface area contributed by atoms with E-state index in [2.05, 4.69) is 10.3 Å². The van der Waals surface area contributed by atoms with Crippen LogP contribution in [0, 0.1) is 5.92 Å². The third-order valence-corrected chi connectivity index (χ3v) is 6.53. The van der Waals surface area contributed by atoms with Gasteiger partial charge in [0.05, 0.1) is 20.1 Å². The highest BCUT2D eigenvalue weighted by Gasteiger charge is 2.31. The third kappa shape index (κ3) is 5.59. The number of methoxy groups -OCH3 is 2. The number of carbonyl (C=O) groups is 2. The van der Waals surface area contributed by atoms with Crippen molar-refractivity contribution in [2.24, 2.45) is 13.0 Å². The van der Waals surface area contributed by atoms with Gasteiger partial charge < -0.3 is 24.3 Å². The first-order chi connectivity index (χ1) is 16.9. The molecule has 2 heterocycles. The van der Waals surface area contributed by atoms with Crippen molar-refractivity contribution < 1.29 is 19.1 Å². The number of hydrogen-bond donors (Lipinski definition) is 1. The van der Waals surface area contributed by atoms with E-state index in [-0.39, 0.29) is 17.7 Å². The summed E-state index contributed by atoms with van der Waals surface area (Å²) in [7, 11) is 5.05. The Morgan fingerprint density at radius 2 is 1.80 bits per heavy atom. The Labute approximate surface area is 209 Å². The van der Waals surface area contributed by atoms with E-state index in [0.29, 0.717) is 47.4 Å². The van der Waals surface area contributed by atoms with Gasteiger partial charge in [-0.15, -0.1) is 0 Å². The largest absolute Gasteiger partial charge is 0.497 e. The molecule has 1 aromatic heterocycles. The van der Waals surface area contributed by atoms with E-state index >= 15 is 0 Å². The van der Waals surface area contributed by atoms with E-state index in [9.17, 15) is 9.59 Å². The zero-order valence-electron chi connectivity index (χ0n) is 20.0. The fourth-order valence-electron chi connectivity index (χ4n) is 4.36. The van der Waals surface area contributed by atoms with Gasteiger partial charge in [0, 0.05) is 49.2 Å². The lowest BCUT2D eigenvalue weighted by molar-refractivity contribution is -0.126. The zero-order valence-corrected chi connectivity index (χ0v) is 20.8. The first-order valence-electron chi connectivity index (χ1n) is 11.4. The minimum absolute atomic E-state index is 0.0997. The van der Waals surface area contributed by atoms with Gasteiger partial charge in [0.1, 0.15) is 23.4 Å². The van der Waals surface area contributed by atoms with Gasteiger partial charge in [-0.25, -0.2) is 4.98 Å². The van der Waals surface area contributed by atoms with Crippen molar-refractivity contribution in [1.82, 2.24) is 19.8 Å². The van der Waals surface area contributed by atoms with Crippen LogP contribution in [0.3, 0.4) is 0 Å². The van der Waals surface area contributed by atoms with E-state index in [4.69, 9.17) is 21.1 Å². The first kappa shape index (κ1) is 24.6. The highest BCUT2D eigenvalue weighted by molar-refractivity contribution is 6.30. The predicted molar refractivity (Wildman–Crippen MR) is 133 cm³/mol. The summed E-state index contributed by atoms with van der Waals surface area (Å²) in [5, 5.41) is 3.74. The lowest BCUT2D eigenvalue weighted by atomic mass is 9.95. The maximum absolute atomic E-state index is 13.5. The number of aryl methyl sites for hydroxylation is 1. The van der Waals surface area contributed by atoms with Crippen molar-refractivity contribution in [2.75, 3.05) is 27.3 Å². The van der Waals surface area contributed by atoms with Crippen molar-refractivity contribution in [3.63, 3.8) is 0 Å². The summed E-state index contributed by atoms with van der Waals surface area (Å²) in [6.07, 6.45) is 4.97. The second-order valence-electron chi connectivity index (χ2n) is 8.58. The molecule has 35 heavy (non-hydrogen) atoms. The summed E-state index contributed by atoms with van der Waals surface area (Å²) in [5.74, 6) is 1.34. The molecule has 0 spiro atoms. The van der Waals surface area contributed by atoms with Crippen LogP contribution >= 0.6 is 11.6 Å². The molecule has 8 nitrogen and oxygen atoms in total. The Bertz CT molecular complexity index is 1170. The molecule has 2 amide bonds. The molecule has 1 aliphatic rings. The van der Waals surface area contributed by atoms with Crippen LogP contribution in [0.4, 0.5) is 0 Å². The number of carbonyl (C=O) groups excluding carboxylic acids is 2. The van der Waals surface area contributed by atoms with Crippen LogP contribution in [0.25, 0.3) is 0 Å². The number of nitrogens with zero attached hydrogens (tertiary/aromatic N) is 3. The second kappa shape index (κ2) is 10.8. The Kier molecular flexibility index (Phi) is 7.60. The summed E-state index contributed by atoms with van der Waals surface area (Å²) in [6.45, 7) is 0.961. The molecule has 1 aliphatic heterocycles. The quantitative estimate of drug-likeness (QED) is 0.537. The average molecular weight is 497 g/mol. The highest BCUT2D eigenvalue weighted by Crippen LogP contribution is 2.30. The Balaban J connectivity index is 1.56. The average Bonchev–Trinajstić information content (AvgIpc) is 3.32. The number of benzene rings is 2. The minimum Gasteiger partial charge on any atom is -0.497 e. The molecule has 1 N–H and O–H groups in total. The van der Waals surface area contributed by atoms with Crippen molar-refractivity contribution in [2.45, 2.75) is 18.9 Å². The maximum atomic E-state index is 13.5. The topological polar surface area (TPSA) is 85.7 Å². The molecule has 1 saturated heterocycles. The number of halogens is 1. The number of nitrogens with one attached hydrogen (secondary N) is 1. The number of imidazole rings is 1. The molecule has 3 aromatic rings. The molecule has 4 rings (SSSR count). The van der Waals surface area contributed by atoms with Crippen LogP contribution in [0.15, 0.2) is 54.9 Å².